The van der Waals surface area contributed by atoms with Crippen molar-refractivity contribution in [2.45, 2.75) is 33.6 Å². The molecule has 0 aromatic heterocycles. The molecule has 2 aromatic rings. The lowest BCUT2D eigenvalue weighted by molar-refractivity contribution is 0.867. The molecule has 0 spiro atoms. The summed E-state index contributed by atoms with van der Waals surface area (Å²) in [4.78, 5) is 0. The third-order valence-corrected chi connectivity index (χ3v) is 3.88. The monoisotopic (exact) mass is 258 g/mol. The van der Waals surface area contributed by atoms with Crippen molar-refractivity contribution in [1.29, 1.82) is 0 Å². The molecule has 0 radical (unpaired) electrons. The van der Waals surface area contributed by atoms with E-state index in [0.717, 1.165) is 5.02 Å². The van der Waals surface area contributed by atoms with E-state index in [1.54, 1.807) is 0 Å². The fraction of sp³-hybridized carbons (Fsp3) is 0.294. The molecule has 0 unspecified atom stereocenters. The Bertz CT molecular complexity index is 568. The first-order valence-electron chi connectivity index (χ1n) is 6.36. The Hall–Kier alpha value is -1.27. The first-order valence-corrected chi connectivity index (χ1v) is 6.74. The van der Waals surface area contributed by atoms with Crippen LogP contribution in [0, 0.1) is 13.8 Å². The zero-order valence-corrected chi connectivity index (χ0v) is 12.2. The maximum Gasteiger partial charge on any atom is 0.0441 e. The molecular weight excluding hydrogens is 240 g/mol. The molecule has 0 amide bonds. The molecule has 0 nitrogen and oxygen atoms in total. The van der Waals surface area contributed by atoms with Crippen LogP contribution in [-0.2, 0) is 0 Å². The zero-order chi connectivity index (χ0) is 13.3. The molecule has 0 bridgehead atoms. The molecule has 0 heterocycles. The van der Waals surface area contributed by atoms with Crippen LogP contribution < -0.4 is 0 Å². The summed E-state index contributed by atoms with van der Waals surface area (Å²) in [5, 5.41) is 0.860. The topological polar surface area (TPSA) is 0 Å². The van der Waals surface area contributed by atoms with Gasteiger partial charge in [-0.1, -0.05) is 49.7 Å². The van der Waals surface area contributed by atoms with Gasteiger partial charge in [-0.25, -0.2) is 0 Å². The van der Waals surface area contributed by atoms with E-state index in [1.807, 2.05) is 6.07 Å². The molecule has 18 heavy (non-hydrogen) atoms. The second-order valence-corrected chi connectivity index (χ2v) is 5.55. The molecule has 0 saturated carbocycles. The molecule has 2 rings (SSSR count). The normalized spacial score (nSPS) is 11.0. The quantitative estimate of drug-likeness (QED) is 0.644. The van der Waals surface area contributed by atoms with Crippen molar-refractivity contribution in [3.05, 3.63) is 58.1 Å². The van der Waals surface area contributed by atoms with E-state index >= 15 is 0 Å². The van der Waals surface area contributed by atoms with Crippen molar-refractivity contribution >= 4 is 11.6 Å². The van der Waals surface area contributed by atoms with Gasteiger partial charge in [-0.2, -0.15) is 0 Å². The standard InChI is InChI=1S/C17H19Cl/c1-11(2)16-10-14(8-9-17(16)18)15-7-5-6-12(3)13(15)4/h5-11H,1-4H3. The summed E-state index contributed by atoms with van der Waals surface area (Å²) in [6, 6.07) is 12.8. The lowest BCUT2D eigenvalue weighted by Gasteiger charge is -2.13. The van der Waals surface area contributed by atoms with E-state index in [-0.39, 0.29) is 0 Å². The van der Waals surface area contributed by atoms with Gasteiger partial charge in [0.2, 0.25) is 0 Å². The summed E-state index contributed by atoms with van der Waals surface area (Å²) < 4.78 is 0. The zero-order valence-electron chi connectivity index (χ0n) is 11.4. The SMILES string of the molecule is Cc1cccc(-c2ccc(Cl)c(C(C)C)c2)c1C. The average molecular weight is 259 g/mol. The van der Waals surface area contributed by atoms with Crippen molar-refractivity contribution < 1.29 is 0 Å². The van der Waals surface area contributed by atoms with Gasteiger partial charge in [0.15, 0.2) is 0 Å². The first-order chi connectivity index (χ1) is 8.50. The largest absolute Gasteiger partial charge is 0.0840 e. The third kappa shape index (κ3) is 2.44. The minimum absolute atomic E-state index is 0.447. The molecule has 0 atom stereocenters. The Morgan fingerprint density at radius 3 is 2.39 bits per heavy atom. The summed E-state index contributed by atoms with van der Waals surface area (Å²) >= 11 is 6.25. The highest BCUT2D eigenvalue weighted by molar-refractivity contribution is 6.31. The molecule has 94 valence electrons. The minimum atomic E-state index is 0.447. The van der Waals surface area contributed by atoms with Crippen LogP contribution in [0.25, 0.3) is 11.1 Å². The summed E-state index contributed by atoms with van der Waals surface area (Å²) in [6.45, 7) is 8.68. The molecule has 0 saturated heterocycles. The van der Waals surface area contributed by atoms with E-state index in [0.29, 0.717) is 5.92 Å². The number of hydrogen-bond donors (Lipinski definition) is 0. The Kier molecular flexibility index (Phi) is 3.77. The Balaban J connectivity index is 2.58. The summed E-state index contributed by atoms with van der Waals surface area (Å²) in [7, 11) is 0. The summed E-state index contributed by atoms with van der Waals surface area (Å²) in [5.41, 5.74) is 6.44. The fourth-order valence-corrected chi connectivity index (χ4v) is 2.55. The number of rotatable bonds is 2. The smallest absolute Gasteiger partial charge is 0.0441 e. The van der Waals surface area contributed by atoms with Crippen LogP contribution in [0.2, 0.25) is 5.02 Å². The maximum atomic E-state index is 6.25. The van der Waals surface area contributed by atoms with E-state index < -0.39 is 0 Å². The highest BCUT2D eigenvalue weighted by Gasteiger charge is 2.09. The van der Waals surface area contributed by atoms with Gasteiger partial charge in [0.1, 0.15) is 0 Å². The van der Waals surface area contributed by atoms with E-state index in [4.69, 9.17) is 11.6 Å². The molecule has 0 aliphatic carbocycles. The predicted octanol–water partition coefficient (Wildman–Crippen LogP) is 5.75. The van der Waals surface area contributed by atoms with Crippen molar-refractivity contribution in [2.75, 3.05) is 0 Å². The van der Waals surface area contributed by atoms with Crippen LogP contribution in [0.3, 0.4) is 0 Å². The van der Waals surface area contributed by atoms with Crippen molar-refractivity contribution in [1.82, 2.24) is 0 Å². The van der Waals surface area contributed by atoms with Gasteiger partial charge in [-0.15, -0.1) is 0 Å². The van der Waals surface area contributed by atoms with Gasteiger partial charge >= 0.3 is 0 Å². The predicted molar refractivity (Wildman–Crippen MR) is 80.5 cm³/mol. The average Bonchev–Trinajstić information content (AvgIpc) is 2.33. The van der Waals surface area contributed by atoms with Gasteiger partial charge in [-0.3, -0.25) is 0 Å². The van der Waals surface area contributed by atoms with Crippen LogP contribution >= 0.6 is 11.6 Å². The summed E-state index contributed by atoms with van der Waals surface area (Å²) in [5.74, 6) is 0.447. The lowest BCUT2D eigenvalue weighted by atomic mass is 9.93. The van der Waals surface area contributed by atoms with Gasteiger partial charge in [0, 0.05) is 5.02 Å². The molecule has 0 aliphatic rings. The van der Waals surface area contributed by atoms with Crippen LogP contribution in [0.4, 0.5) is 0 Å². The molecule has 0 N–H and O–H groups in total. The number of benzene rings is 2. The third-order valence-electron chi connectivity index (χ3n) is 3.53. The number of halogens is 1. The van der Waals surface area contributed by atoms with Gasteiger partial charge in [0.25, 0.3) is 0 Å². The van der Waals surface area contributed by atoms with E-state index in [2.05, 4.69) is 58.0 Å². The van der Waals surface area contributed by atoms with Crippen molar-refractivity contribution in [3.8, 4) is 11.1 Å². The maximum absolute atomic E-state index is 6.25. The molecule has 0 aliphatic heterocycles. The lowest BCUT2D eigenvalue weighted by Crippen LogP contribution is -1.92. The fourth-order valence-electron chi connectivity index (χ4n) is 2.22. The van der Waals surface area contributed by atoms with Crippen molar-refractivity contribution in [2.24, 2.45) is 0 Å². The molecule has 0 fully saturated rings. The van der Waals surface area contributed by atoms with Gasteiger partial charge < -0.3 is 0 Å². The molecular formula is C17H19Cl. The van der Waals surface area contributed by atoms with Crippen LogP contribution in [-0.4, -0.2) is 0 Å². The highest BCUT2D eigenvalue weighted by atomic mass is 35.5. The molecule has 2 aromatic carbocycles. The summed E-state index contributed by atoms with van der Waals surface area (Å²) in [6.07, 6.45) is 0. The van der Waals surface area contributed by atoms with Gasteiger partial charge in [0.05, 0.1) is 0 Å². The highest BCUT2D eigenvalue weighted by Crippen LogP contribution is 2.31. The van der Waals surface area contributed by atoms with Crippen LogP contribution in [0.5, 0.6) is 0 Å². The number of hydrogen-bond acceptors (Lipinski definition) is 0. The second kappa shape index (κ2) is 5.16. The van der Waals surface area contributed by atoms with Crippen molar-refractivity contribution in [3.63, 3.8) is 0 Å². The minimum Gasteiger partial charge on any atom is -0.0840 e. The van der Waals surface area contributed by atoms with Crippen LogP contribution in [0.15, 0.2) is 36.4 Å². The second-order valence-electron chi connectivity index (χ2n) is 5.14. The van der Waals surface area contributed by atoms with E-state index in [9.17, 15) is 0 Å². The first kappa shape index (κ1) is 13.2. The van der Waals surface area contributed by atoms with E-state index in [1.165, 1.54) is 27.8 Å². The Labute approximate surface area is 115 Å². The number of aryl methyl sites for hydroxylation is 1. The van der Waals surface area contributed by atoms with Gasteiger partial charge in [-0.05, 0) is 59.7 Å². The Morgan fingerprint density at radius 2 is 1.72 bits per heavy atom. The Morgan fingerprint density at radius 1 is 1.00 bits per heavy atom. The van der Waals surface area contributed by atoms with Crippen LogP contribution in [0.1, 0.15) is 36.5 Å². The molecule has 1 heteroatoms.